The van der Waals surface area contributed by atoms with Gasteiger partial charge in [0.25, 0.3) is 0 Å². The summed E-state index contributed by atoms with van der Waals surface area (Å²) < 4.78 is 5.09. The van der Waals surface area contributed by atoms with Gasteiger partial charge in [0, 0.05) is 43.9 Å². The minimum absolute atomic E-state index is 0.889. The molecule has 0 radical (unpaired) electrons. The van der Waals surface area contributed by atoms with Crippen molar-refractivity contribution in [2.45, 2.75) is 31.3 Å². The van der Waals surface area contributed by atoms with Gasteiger partial charge in [0.1, 0.15) is 0 Å². The molecule has 0 aliphatic carbocycles. The molecule has 2 heterocycles. The Morgan fingerprint density at radius 1 is 1.31 bits per heavy atom. The first-order valence-electron chi connectivity index (χ1n) is 5.24. The average molecular weight is 201 g/mol. The molecule has 2 aliphatic heterocycles. The highest BCUT2D eigenvalue weighted by Crippen LogP contribution is 2.33. The van der Waals surface area contributed by atoms with E-state index in [1.165, 1.54) is 37.3 Å². The van der Waals surface area contributed by atoms with Crippen LogP contribution in [-0.2, 0) is 4.74 Å². The maximum Gasteiger partial charge on any atom is 0.0474 e. The van der Waals surface area contributed by atoms with Crippen molar-refractivity contribution in [3.05, 3.63) is 0 Å². The third kappa shape index (κ3) is 2.20. The van der Waals surface area contributed by atoms with Crippen LogP contribution >= 0.6 is 11.8 Å². The molecule has 76 valence electrons. The molecular weight excluding hydrogens is 182 g/mol. The first-order valence-corrected chi connectivity index (χ1v) is 6.39. The number of methoxy groups -OCH3 is 1. The van der Waals surface area contributed by atoms with E-state index in [9.17, 15) is 0 Å². The standard InChI is InChI=1S/C10H19NOS/c1-12-6-2-5-11-9-3-4-10(11)8-13-7-9/h9-10H,2-8H2,1H3. The summed E-state index contributed by atoms with van der Waals surface area (Å²) in [5.41, 5.74) is 0. The van der Waals surface area contributed by atoms with E-state index < -0.39 is 0 Å². The zero-order chi connectivity index (χ0) is 9.10. The van der Waals surface area contributed by atoms with E-state index in [-0.39, 0.29) is 0 Å². The van der Waals surface area contributed by atoms with Crippen LogP contribution in [0, 0.1) is 0 Å². The molecule has 0 amide bonds. The van der Waals surface area contributed by atoms with Crippen LogP contribution < -0.4 is 0 Å². The molecule has 3 heteroatoms. The average Bonchev–Trinajstić information content (AvgIpc) is 2.38. The van der Waals surface area contributed by atoms with Gasteiger partial charge in [-0.25, -0.2) is 0 Å². The summed E-state index contributed by atoms with van der Waals surface area (Å²) in [6, 6.07) is 1.78. The van der Waals surface area contributed by atoms with Gasteiger partial charge in [0.15, 0.2) is 0 Å². The van der Waals surface area contributed by atoms with E-state index >= 15 is 0 Å². The molecule has 0 aromatic rings. The van der Waals surface area contributed by atoms with Crippen LogP contribution in [0.15, 0.2) is 0 Å². The molecule has 0 aromatic heterocycles. The van der Waals surface area contributed by atoms with Gasteiger partial charge in [-0.2, -0.15) is 11.8 Å². The molecule has 2 bridgehead atoms. The molecule has 2 fully saturated rings. The van der Waals surface area contributed by atoms with E-state index in [0.717, 1.165) is 18.7 Å². The summed E-state index contributed by atoms with van der Waals surface area (Å²) in [5, 5.41) is 0. The van der Waals surface area contributed by atoms with Crippen LogP contribution in [0.2, 0.25) is 0 Å². The summed E-state index contributed by atoms with van der Waals surface area (Å²) in [6.45, 7) is 2.17. The molecule has 0 aromatic carbocycles. The first-order chi connectivity index (χ1) is 6.42. The summed E-state index contributed by atoms with van der Waals surface area (Å²) in [7, 11) is 1.79. The van der Waals surface area contributed by atoms with E-state index in [2.05, 4.69) is 16.7 Å². The normalized spacial score (nSPS) is 33.9. The van der Waals surface area contributed by atoms with E-state index in [1.54, 1.807) is 7.11 Å². The minimum Gasteiger partial charge on any atom is -0.385 e. The molecule has 2 aliphatic rings. The van der Waals surface area contributed by atoms with Gasteiger partial charge in [0.05, 0.1) is 0 Å². The highest BCUT2D eigenvalue weighted by atomic mass is 32.2. The van der Waals surface area contributed by atoms with Gasteiger partial charge in [-0.05, 0) is 19.3 Å². The van der Waals surface area contributed by atoms with Gasteiger partial charge in [0.2, 0.25) is 0 Å². The number of nitrogens with zero attached hydrogens (tertiary/aromatic N) is 1. The van der Waals surface area contributed by atoms with Gasteiger partial charge < -0.3 is 4.74 Å². The number of hydrogen-bond acceptors (Lipinski definition) is 3. The van der Waals surface area contributed by atoms with Crippen LogP contribution in [0.5, 0.6) is 0 Å². The fourth-order valence-electron chi connectivity index (χ4n) is 2.47. The molecule has 0 N–H and O–H groups in total. The Labute approximate surface area is 85.0 Å². The van der Waals surface area contributed by atoms with Gasteiger partial charge in [-0.15, -0.1) is 0 Å². The fraction of sp³-hybridized carbons (Fsp3) is 1.00. The highest BCUT2D eigenvalue weighted by Gasteiger charge is 2.35. The fourth-order valence-corrected chi connectivity index (χ4v) is 3.87. The van der Waals surface area contributed by atoms with Gasteiger partial charge in [-0.1, -0.05) is 0 Å². The van der Waals surface area contributed by atoms with Crippen LogP contribution in [-0.4, -0.2) is 48.8 Å². The summed E-state index contributed by atoms with van der Waals surface area (Å²) >= 11 is 2.14. The summed E-state index contributed by atoms with van der Waals surface area (Å²) in [4.78, 5) is 2.72. The molecule has 2 saturated heterocycles. The van der Waals surface area contributed by atoms with E-state index in [4.69, 9.17) is 4.74 Å². The molecule has 2 rings (SSSR count). The van der Waals surface area contributed by atoms with Crippen molar-refractivity contribution in [3.63, 3.8) is 0 Å². The molecule has 0 saturated carbocycles. The molecule has 13 heavy (non-hydrogen) atoms. The number of rotatable bonds is 4. The Bertz CT molecular complexity index is 149. The lowest BCUT2D eigenvalue weighted by Crippen LogP contribution is -2.43. The third-order valence-electron chi connectivity index (χ3n) is 3.16. The van der Waals surface area contributed by atoms with Gasteiger partial charge >= 0.3 is 0 Å². The lowest BCUT2D eigenvalue weighted by atomic mass is 10.2. The lowest BCUT2D eigenvalue weighted by Gasteiger charge is -2.34. The van der Waals surface area contributed by atoms with Crippen molar-refractivity contribution in [3.8, 4) is 0 Å². The largest absolute Gasteiger partial charge is 0.385 e. The quantitative estimate of drug-likeness (QED) is 0.641. The van der Waals surface area contributed by atoms with Crippen molar-refractivity contribution >= 4 is 11.8 Å². The van der Waals surface area contributed by atoms with Crippen molar-refractivity contribution < 1.29 is 4.74 Å². The van der Waals surface area contributed by atoms with Crippen LogP contribution in [0.4, 0.5) is 0 Å². The van der Waals surface area contributed by atoms with Crippen molar-refractivity contribution in [1.29, 1.82) is 0 Å². The minimum atomic E-state index is 0.889. The molecule has 2 unspecified atom stereocenters. The number of fused-ring (bicyclic) bond motifs is 2. The zero-order valence-electron chi connectivity index (χ0n) is 8.37. The first kappa shape index (κ1) is 9.81. The van der Waals surface area contributed by atoms with Crippen molar-refractivity contribution in [2.75, 3.05) is 31.8 Å². The Hall–Kier alpha value is 0.270. The summed E-state index contributed by atoms with van der Waals surface area (Å²) in [6.07, 6.45) is 4.07. The van der Waals surface area contributed by atoms with Crippen molar-refractivity contribution in [2.24, 2.45) is 0 Å². The smallest absolute Gasteiger partial charge is 0.0474 e. The number of thioether (sulfide) groups is 1. The summed E-state index contributed by atoms with van der Waals surface area (Å²) in [5.74, 6) is 2.73. The molecule has 2 atom stereocenters. The zero-order valence-corrected chi connectivity index (χ0v) is 9.18. The van der Waals surface area contributed by atoms with Crippen LogP contribution in [0.3, 0.4) is 0 Å². The van der Waals surface area contributed by atoms with Crippen LogP contribution in [0.25, 0.3) is 0 Å². The van der Waals surface area contributed by atoms with E-state index in [1.807, 2.05) is 0 Å². The molecule has 2 nitrogen and oxygen atoms in total. The Balaban J connectivity index is 1.78. The highest BCUT2D eigenvalue weighted by molar-refractivity contribution is 7.99. The topological polar surface area (TPSA) is 12.5 Å². The second-order valence-corrected chi connectivity index (χ2v) is 5.08. The maximum absolute atomic E-state index is 5.09. The molecule has 0 spiro atoms. The maximum atomic E-state index is 5.09. The van der Waals surface area contributed by atoms with Crippen LogP contribution in [0.1, 0.15) is 19.3 Å². The Morgan fingerprint density at radius 3 is 2.62 bits per heavy atom. The monoisotopic (exact) mass is 201 g/mol. The SMILES string of the molecule is COCCCN1C2CCC1CSC2. The number of hydrogen-bond donors (Lipinski definition) is 0. The second-order valence-electron chi connectivity index (χ2n) is 4.01. The predicted octanol–water partition coefficient (Wildman–Crippen LogP) is 1.60. The van der Waals surface area contributed by atoms with Gasteiger partial charge in [-0.3, -0.25) is 4.90 Å². The van der Waals surface area contributed by atoms with Crippen molar-refractivity contribution in [1.82, 2.24) is 4.90 Å². The van der Waals surface area contributed by atoms with E-state index in [0.29, 0.717) is 0 Å². The number of ether oxygens (including phenoxy) is 1. The Morgan fingerprint density at radius 2 is 2.00 bits per heavy atom. The molecular formula is C10H19NOS. The second kappa shape index (κ2) is 4.67. The third-order valence-corrected chi connectivity index (χ3v) is 4.40. The Kier molecular flexibility index (Phi) is 3.52. The lowest BCUT2D eigenvalue weighted by molar-refractivity contribution is 0.154. The predicted molar refractivity (Wildman–Crippen MR) is 57.3 cm³/mol.